The summed E-state index contributed by atoms with van der Waals surface area (Å²) in [5.41, 5.74) is -0.659. The molecule has 1 aromatic rings. The van der Waals surface area contributed by atoms with Crippen LogP contribution in [0.2, 0.25) is 0 Å². The van der Waals surface area contributed by atoms with Gasteiger partial charge in [0, 0.05) is 4.47 Å². The molecule has 0 N–H and O–H groups in total. The summed E-state index contributed by atoms with van der Waals surface area (Å²) in [4.78, 5) is 21.9. The van der Waals surface area contributed by atoms with Crippen LogP contribution in [0.15, 0.2) is 16.6 Å². The molecule has 0 radical (unpaired) electrons. The predicted molar refractivity (Wildman–Crippen MR) is 53.7 cm³/mol. The van der Waals surface area contributed by atoms with Crippen molar-refractivity contribution in [1.82, 2.24) is 0 Å². The van der Waals surface area contributed by atoms with Gasteiger partial charge in [-0.15, -0.1) is 0 Å². The van der Waals surface area contributed by atoms with Gasteiger partial charge in [0.1, 0.15) is 17.4 Å². The second-order valence-corrected chi connectivity index (χ2v) is 3.96. The van der Waals surface area contributed by atoms with Crippen LogP contribution in [0.3, 0.4) is 0 Å². The van der Waals surface area contributed by atoms with Gasteiger partial charge in [0.05, 0.1) is 12.0 Å². The van der Waals surface area contributed by atoms with Gasteiger partial charge in [-0.05, 0) is 19.1 Å². The highest BCUT2D eigenvalue weighted by Gasteiger charge is 2.19. The van der Waals surface area contributed by atoms with Gasteiger partial charge in [0.15, 0.2) is 5.78 Å². The zero-order valence-corrected chi connectivity index (χ0v) is 9.40. The molecule has 0 aromatic heterocycles. The fourth-order valence-electron chi connectivity index (χ4n) is 1.12. The highest BCUT2D eigenvalue weighted by atomic mass is 79.9. The standard InChI is InChI=1S/C10H7BrF2O2/c1-5(14)2-9(15)10-7(12)3-6(11)4-8(10)13/h3-4H,2H2,1H3. The molecule has 0 spiro atoms. The summed E-state index contributed by atoms with van der Waals surface area (Å²) in [6.07, 6.45) is -0.491. The molecule has 0 saturated heterocycles. The summed E-state index contributed by atoms with van der Waals surface area (Å²) in [6.45, 7) is 1.19. The van der Waals surface area contributed by atoms with Crippen LogP contribution in [0.5, 0.6) is 0 Å². The summed E-state index contributed by atoms with van der Waals surface area (Å²) in [5, 5.41) is 0. The van der Waals surface area contributed by atoms with Gasteiger partial charge in [-0.25, -0.2) is 8.78 Å². The molecule has 80 valence electrons. The Hall–Kier alpha value is -1.10. The first-order valence-corrected chi connectivity index (χ1v) is 4.88. The first kappa shape index (κ1) is 12.0. The third-order valence-electron chi connectivity index (χ3n) is 1.70. The van der Waals surface area contributed by atoms with E-state index in [9.17, 15) is 18.4 Å². The van der Waals surface area contributed by atoms with Gasteiger partial charge in [-0.2, -0.15) is 0 Å². The van der Waals surface area contributed by atoms with Gasteiger partial charge < -0.3 is 0 Å². The van der Waals surface area contributed by atoms with Crippen molar-refractivity contribution < 1.29 is 18.4 Å². The second kappa shape index (κ2) is 4.61. The maximum Gasteiger partial charge on any atom is 0.176 e. The lowest BCUT2D eigenvalue weighted by Crippen LogP contribution is -2.09. The van der Waals surface area contributed by atoms with Crippen LogP contribution in [0, 0.1) is 11.6 Å². The highest BCUT2D eigenvalue weighted by Crippen LogP contribution is 2.20. The van der Waals surface area contributed by atoms with Crippen molar-refractivity contribution in [2.75, 3.05) is 0 Å². The van der Waals surface area contributed by atoms with Crippen LogP contribution in [-0.4, -0.2) is 11.6 Å². The zero-order valence-electron chi connectivity index (χ0n) is 7.81. The lowest BCUT2D eigenvalue weighted by molar-refractivity contribution is -0.116. The van der Waals surface area contributed by atoms with Gasteiger partial charge in [0.2, 0.25) is 0 Å². The fourth-order valence-corrected chi connectivity index (χ4v) is 1.53. The van der Waals surface area contributed by atoms with Crippen molar-refractivity contribution in [1.29, 1.82) is 0 Å². The van der Waals surface area contributed by atoms with E-state index in [0.29, 0.717) is 0 Å². The summed E-state index contributed by atoms with van der Waals surface area (Å²) < 4.78 is 26.6. The largest absolute Gasteiger partial charge is 0.300 e. The van der Waals surface area contributed by atoms with Crippen LogP contribution in [0.4, 0.5) is 8.78 Å². The Morgan fingerprint density at radius 1 is 1.27 bits per heavy atom. The lowest BCUT2D eigenvalue weighted by atomic mass is 10.1. The van der Waals surface area contributed by atoms with Crippen molar-refractivity contribution in [2.45, 2.75) is 13.3 Å². The van der Waals surface area contributed by atoms with Crippen molar-refractivity contribution in [2.24, 2.45) is 0 Å². The van der Waals surface area contributed by atoms with E-state index in [-0.39, 0.29) is 4.47 Å². The average Bonchev–Trinajstić information content (AvgIpc) is 1.99. The summed E-state index contributed by atoms with van der Waals surface area (Å²) in [6, 6.07) is 1.97. The molecule has 0 fully saturated rings. The Morgan fingerprint density at radius 2 is 1.73 bits per heavy atom. The van der Waals surface area contributed by atoms with Gasteiger partial charge in [0.25, 0.3) is 0 Å². The Balaban J connectivity index is 3.14. The SMILES string of the molecule is CC(=O)CC(=O)c1c(F)cc(Br)cc1F. The first-order valence-electron chi connectivity index (χ1n) is 4.09. The topological polar surface area (TPSA) is 34.1 Å². The van der Waals surface area contributed by atoms with E-state index >= 15 is 0 Å². The van der Waals surface area contributed by atoms with Crippen LogP contribution < -0.4 is 0 Å². The van der Waals surface area contributed by atoms with E-state index in [0.717, 1.165) is 12.1 Å². The normalized spacial score (nSPS) is 10.1. The van der Waals surface area contributed by atoms with Crippen LogP contribution >= 0.6 is 15.9 Å². The fraction of sp³-hybridized carbons (Fsp3) is 0.200. The first-order chi connectivity index (χ1) is 6.91. The minimum absolute atomic E-state index is 0.205. The Kier molecular flexibility index (Phi) is 3.68. The number of halogens is 3. The number of hydrogen-bond acceptors (Lipinski definition) is 2. The number of ketones is 2. The number of hydrogen-bond donors (Lipinski definition) is 0. The van der Waals surface area contributed by atoms with Crippen molar-refractivity contribution in [3.05, 3.63) is 33.8 Å². The highest BCUT2D eigenvalue weighted by molar-refractivity contribution is 9.10. The third-order valence-corrected chi connectivity index (χ3v) is 2.15. The molecule has 0 amide bonds. The molecule has 1 rings (SSSR count). The Morgan fingerprint density at radius 3 is 2.13 bits per heavy atom. The van der Waals surface area contributed by atoms with Gasteiger partial charge in [-0.1, -0.05) is 15.9 Å². The molecule has 5 heteroatoms. The molecular formula is C10H7BrF2O2. The van der Waals surface area contributed by atoms with E-state index in [1.165, 1.54) is 6.92 Å². The average molecular weight is 277 g/mol. The summed E-state index contributed by atoms with van der Waals surface area (Å²) >= 11 is 2.89. The van der Waals surface area contributed by atoms with Crippen LogP contribution in [0.25, 0.3) is 0 Å². The predicted octanol–water partition coefficient (Wildman–Crippen LogP) is 2.89. The third kappa shape index (κ3) is 2.92. The second-order valence-electron chi connectivity index (χ2n) is 3.05. The molecule has 15 heavy (non-hydrogen) atoms. The van der Waals surface area contributed by atoms with E-state index in [1.54, 1.807) is 0 Å². The maximum absolute atomic E-state index is 13.2. The van der Waals surface area contributed by atoms with E-state index in [1.807, 2.05) is 0 Å². The molecule has 1 aromatic carbocycles. The van der Waals surface area contributed by atoms with Crippen molar-refractivity contribution >= 4 is 27.5 Å². The van der Waals surface area contributed by atoms with E-state index in [2.05, 4.69) is 15.9 Å². The van der Waals surface area contributed by atoms with E-state index in [4.69, 9.17) is 0 Å². The molecule has 0 aliphatic carbocycles. The molecule has 0 bridgehead atoms. The minimum Gasteiger partial charge on any atom is -0.300 e. The Bertz CT molecular complexity index is 406. The monoisotopic (exact) mass is 276 g/mol. The lowest BCUT2D eigenvalue weighted by Gasteiger charge is -2.03. The molecule has 0 aliphatic heterocycles. The molecule has 0 heterocycles. The number of benzene rings is 1. The van der Waals surface area contributed by atoms with Crippen molar-refractivity contribution in [3.63, 3.8) is 0 Å². The minimum atomic E-state index is -0.965. The summed E-state index contributed by atoms with van der Waals surface area (Å²) in [5.74, 6) is -3.20. The molecule has 0 unspecified atom stereocenters. The number of carbonyl (C=O) groups is 2. The quantitative estimate of drug-likeness (QED) is 0.629. The Labute approximate surface area is 93.4 Å². The zero-order chi connectivity index (χ0) is 11.6. The molecule has 0 saturated carbocycles. The van der Waals surface area contributed by atoms with E-state index < -0.39 is 35.2 Å². The maximum atomic E-state index is 13.2. The number of carbonyl (C=O) groups excluding carboxylic acids is 2. The molecular weight excluding hydrogens is 270 g/mol. The molecule has 2 nitrogen and oxygen atoms in total. The number of Topliss-reactive ketones (excluding diaryl/α,β-unsaturated/α-hetero) is 2. The van der Waals surface area contributed by atoms with Crippen LogP contribution in [0.1, 0.15) is 23.7 Å². The van der Waals surface area contributed by atoms with Gasteiger partial charge in [-0.3, -0.25) is 9.59 Å². The smallest absolute Gasteiger partial charge is 0.176 e. The summed E-state index contributed by atoms with van der Waals surface area (Å²) in [7, 11) is 0. The van der Waals surface area contributed by atoms with Crippen molar-refractivity contribution in [3.8, 4) is 0 Å². The van der Waals surface area contributed by atoms with Crippen LogP contribution in [-0.2, 0) is 4.79 Å². The molecule has 0 atom stereocenters. The molecule has 0 aliphatic rings. The van der Waals surface area contributed by atoms with Gasteiger partial charge >= 0.3 is 0 Å². The number of rotatable bonds is 3.